The average molecular weight is 494 g/mol. The van der Waals surface area contributed by atoms with Crippen molar-refractivity contribution in [3.05, 3.63) is 34.9 Å². The van der Waals surface area contributed by atoms with E-state index >= 15 is 0 Å². The van der Waals surface area contributed by atoms with Gasteiger partial charge in [-0.05, 0) is 97.4 Å². The van der Waals surface area contributed by atoms with Crippen LogP contribution in [-0.2, 0) is 14.3 Å². The molecule has 1 rings (SSSR count). The first-order valence-corrected chi connectivity index (χ1v) is 13.3. The first-order valence-electron chi connectivity index (χ1n) is 11.9. The highest BCUT2D eigenvalue weighted by Gasteiger charge is 2.39. The van der Waals surface area contributed by atoms with Crippen molar-refractivity contribution in [3.8, 4) is 0 Å². The fourth-order valence-electron chi connectivity index (χ4n) is 3.82. The summed E-state index contributed by atoms with van der Waals surface area (Å²) in [5.74, 6) is 0.126. The van der Waals surface area contributed by atoms with Crippen LogP contribution in [0.3, 0.4) is 0 Å². The molecule has 2 N–H and O–H groups in total. The van der Waals surface area contributed by atoms with E-state index in [9.17, 15) is 14.4 Å². The van der Waals surface area contributed by atoms with Crippen LogP contribution in [0, 0.1) is 13.8 Å². The number of thioether (sulfide) groups is 1. The Morgan fingerprint density at radius 1 is 1.03 bits per heavy atom. The molecule has 1 aromatic carbocycles. The first kappa shape index (κ1) is 29.8. The van der Waals surface area contributed by atoms with Gasteiger partial charge >= 0.3 is 6.09 Å². The van der Waals surface area contributed by atoms with Crippen LogP contribution in [0.25, 0.3) is 0 Å². The maximum atomic E-state index is 14.0. The standard InChI is InChI=1S/C26H43N3O4S/c1-16(2)27-23(30)22(21-18(5)12-11-13-19(21)6)29(17(3)4)24(31)20(14-15-34-10)28-25(32)33-26(7,8)9/h11-13,16-17,20,22H,14-15H2,1-10H3,(H,27,30)(H,28,32). The largest absolute Gasteiger partial charge is 0.444 e. The molecule has 0 saturated heterocycles. The van der Waals surface area contributed by atoms with E-state index in [0.29, 0.717) is 12.2 Å². The van der Waals surface area contributed by atoms with E-state index in [1.165, 1.54) is 0 Å². The number of aryl methyl sites for hydroxylation is 2. The van der Waals surface area contributed by atoms with Crippen LogP contribution in [0.1, 0.15) is 77.6 Å². The van der Waals surface area contributed by atoms with E-state index in [4.69, 9.17) is 4.74 Å². The van der Waals surface area contributed by atoms with Crippen LogP contribution in [0.2, 0.25) is 0 Å². The number of nitrogens with one attached hydrogen (secondary N) is 2. The van der Waals surface area contributed by atoms with Crippen LogP contribution >= 0.6 is 11.8 Å². The summed E-state index contributed by atoms with van der Waals surface area (Å²) in [5.41, 5.74) is 1.99. The number of ether oxygens (including phenoxy) is 1. The van der Waals surface area contributed by atoms with Gasteiger partial charge < -0.3 is 20.3 Å². The molecule has 0 aliphatic carbocycles. The number of hydrogen-bond donors (Lipinski definition) is 2. The first-order chi connectivity index (χ1) is 15.7. The molecule has 0 aliphatic heterocycles. The van der Waals surface area contributed by atoms with Gasteiger partial charge in [0.1, 0.15) is 17.7 Å². The van der Waals surface area contributed by atoms with Gasteiger partial charge in [0.2, 0.25) is 11.8 Å². The maximum absolute atomic E-state index is 14.0. The average Bonchev–Trinajstić information content (AvgIpc) is 2.67. The Bertz CT molecular complexity index is 829. The van der Waals surface area contributed by atoms with Crippen molar-refractivity contribution < 1.29 is 19.1 Å². The highest BCUT2D eigenvalue weighted by molar-refractivity contribution is 7.98. The molecular formula is C26H43N3O4S. The van der Waals surface area contributed by atoms with Gasteiger partial charge in [-0.1, -0.05) is 18.2 Å². The zero-order valence-corrected chi connectivity index (χ0v) is 23.3. The summed E-state index contributed by atoms with van der Waals surface area (Å²) in [6, 6.07) is 3.83. The number of hydrogen-bond acceptors (Lipinski definition) is 5. The van der Waals surface area contributed by atoms with Crippen molar-refractivity contribution in [2.45, 2.75) is 98.5 Å². The molecule has 0 radical (unpaired) electrons. The minimum atomic E-state index is -0.826. The van der Waals surface area contributed by atoms with Crippen molar-refractivity contribution in [2.75, 3.05) is 12.0 Å². The van der Waals surface area contributed by atoms with Crippen LogP contribution in [0.4, 0.5) is 4.79 Å². The Hall–Kier alpha value is -2.22. The molecule has 7 nitrogen and oxygen atoms in total. The lowest BCUT2D eigenvalue weighted by atomic mass is 9.92. The third kappa shape index (κ3) is 8.85. The lowest BCUT2D eigenvalue weighted by molar-refractivity contribution is -0.144. The molecule has 0 fully saturated rings. The zero-order valence-electron chi connectivity index (χ0n) is 22.4. The molecule has 0 heterocycles. The fraction of sp³-hybridized carbons (Fsp3) is 0.654. The number of rotatable bonds is 10. The minimum Gasteiger partial charge on any atom is -0.444 e. The summed E-state index contributed by atoms with van der Waals surface area (Å²) in [6.45, 7) is 16.8. The Morgan fingerprint density at radius 3 is 2.03 bits per heavy atom. The molecule has 34 heavy (non-hydrogen) atoms. The van der Waals surface area contributed by atoms with Crippen LogP contribution < -0.4 is 10.6 Å². The topological polar surface area (TPSA) is 87.7 Å². The van der Waals surface area contributed by atoms with E-state index in [-0.39, 0.29) is 23.9 Å². The highest BCUT2D eigenvalue weighted by Crippen LogP contribution is 2.30. The van der Waals surface area contributed by atoms with Crippen LogP contribution in [-0.4, -0.2) is 58.5 Å². The van der Waals surface area contributed by atoms with Gasteiger partial charge in [0.05, 0.1) is 0 Å². The molecule has 2 atom stereocenters. The summed E-state index contributed by atoms with van der Waals surface area (Å²) in [4.78, 5) is 41.7. The van der Waals surface area contributed by atoms with Crippen molar-refractivity contribution >= 4 is 29.7 Å². The van der Waals surface area contributed by atoms with Crippen molar-refractivity contribution in [1.29, 1.82) is 0 Å². The monoisotopic (exact) mass is 493 g/mol. The molecule has 0 aromatic heterocycles. The second-order valence-corrected chi connectivity index (χ2v) is 11.2. The second kappa shape index (κ2) is 13.0. The van der Waals surface area contributed by atoms with E-state index < -0.39 is 23.8 Å². The summed E-state index contributed by atoms with van der Waals surface area (Å²) < 4.78 is 5.42. The number of benzene rings is 1. The predicted octanol–water partition coefficient (Wildman–Crippen LogP) is 4.75. The smallest absolute Gasteiger partial charge is 0.408 e. The van der Waals surface area contributed by atoms with Gasteiger partial charge in [0, 0.05) is 12.1 Å². The van der Waals surface area contributed by atoms with Crippen LogP contribution in [0.5, 0.6) is 0 Å². The van der Waals surface area contributed by atoms with Gasteiger partial charge in [0.15, 0.2) is 0 Å². The van der Waals surface area contributed by atoms with E-state index in [1.807, 2.05) is 66.0 Å². The van der Waals surface area contributed by atoms with E-state index in [0.717, 1.165) is 16.7 Å². The van der Waals surface area contributed by atoms with Crippen molar-refractivity contribution in [1.82, 2.24) is 15.5 Å². The molecule has 192 valence electrons. The quantitative estimate of drug-likeness (QED) is 0.491. The molecule has 0 aliphatic rings. The maximum Gasteiger partial charge on any atom is 0.408 e. The minimum absolute atomic E-state index is 0.0874. The number of carbonyl (C=O) groups excluding carboxylic acids is 3. The second-order valence-electron chi connectivity index (χ2n) is 10.2. The Morgan fingerprint density at radius 2 is 1.59 bits per heavy atom. The molecular weight excluding hydrogens is 450 g/mol. The van der Waals surface area contributed by atoms with Gasteiger partial charge in [-0.25, -0.2) is 4.79 Å². The van der Waals surface area contributed by atoms with E-state index in [2.05, 4.69) is 10.6 Å². The van der Waals surface area contributed by atoms with Gasteiger partial charge in [-0.15, -0.1) is 0 Å². The number of carbonyl (C=O) groups is 3. The van der Waals surface area contributed by atoms with E-state index in [1.54, 1.807) is 37.4 Å². The number of alkyl carbamates (subject to hydrolysis) is 1. The summed E-state index contributed by atoms with van der Waals surface area (Å²) in [7, 11) is 0. The van der Waals surface area contributed by atoms with Crippen molar-refractivity contribution in [2.24, 2.45) is 0 Å². The molecule has 1 aromatic rings. The summed E-state index contributed by atoms with van der Waals surface area (Å²) >= 11 is 1.59. The lowest BCUT2D eigenvalue weighted by Gasteiger charge is -2.38. The van der Waals surface area contributed by atoms with Crippen molar-refractivity contribution in [3.63, 3.8) is 0 Å². The number of nitrogens with zero attached hydrogens (tertiary/aromatic N) is 1. The van der Waals surface area contributed by atoms with Gasteiger partial charge in [0.25, 0.3) is 0 Å². The Kier molecular flexibility index (Phi) is 11.4. The Labute approximate surface area is 209 Å². The zero-order chi connectivity index (χ0) is 26.2. The van der Waals surface area contributed by atoms with Gasteiger partial charge in [-0.2, -0.15) is 11.8 Å². The Balaban J connectivity index is 3.52. The molecule has 0 saturated carbocycles. The summed E-state index contributed by atoms with van der Waals surface area (Å²) in [6.07, 6.45) is 1.73. The molecule has 2 unspecified atom stereocenters. The highest BCUT2D eigenvalue weighted by atomic mass is 32.2. The predicted molar refractivity (Wildman–Crippen MR) is 140 cm³/mol. The van der Waals surface area contributed by atoms with Crippen LogP contribution in [0.15, 0.2) is 18.2 Å². The molecule has 0 bridgehead atoms. The third-order valence-corrected chi connectivity index (χ3v) is 5.83. The molecule has 0 spiro atoms. The SMILES string of the molecule is CSCCC(NC(=O)OC(C)(C)C)C(=O)N(C(C)C)C(C(=O)NC(C)C)c1c(C)cccc1C. The lowest BCUT2D eigenvalue weighted by Crippen LogP contribution is -2.55. The molecule has 8 heteroatoms. The fourth-order valence-corrected chi connectivity index (χ4v) is 4.29. The van der Waals surface area contributed by atoms with Gasteiger partial charge in [-0.3, -0.25) is 9.59 Å². The normalized spacial score (nSPS) is 13.4. The number of amides is 3. The molecule has 3 amide bonds. The third-order valence-electron chi connectivity index (χ3n) is 5.18. The summed E-state index contributed by atoms with van der Waals surface area (Å²) in [5, 5.41) is 5.75.